The van der Waals surface area contributed by atoms with Crippen LogP contribution in [0.15, 0.2) is 40.9 Å². The van der Waals surface area contributed by atoms with Crippen LogP contribution in [0.5, 0.6) is 11.5 Å². The molecule has 0 spiro atoms. The molecule has 2 aromatic carbocycles. The van der Waals surface area contributed by atoms with Crippen molar-refractivity contribution in [2.45, 2.75) is 20.4 Å². The van der Waals surface area contributed by atoms with Crippen molar-refractivity contribution in [1.29, 1.82) is 0 Å². The SMILES string of the molecule is CCN(Cc1ccc2c(c1)OCO2)C(=O)Nc1ccc(C)c(Br)c1. The second kappa shape index (κ2) is 7.13. The molecule has 6 heteroatoms. The lowest BCUT2D eigenvalue weighted by atomic mass is 10.2. The zero-order valence-corrected chi connectivity index (χ0v) is 15.2. The van der Waals surface area contributed by atoms with Gasteiger partial charge in [-0.3, -0.25) is 0 Å². The van der Waals surface area contributed by atoms with Crippen LogP contribution in [0.1, 0.15) is 18.1 Å². The van der Waals surface area contributed by atoms with Gasteiger partial charge in [0.05, 0.1) is 0 Å². The number of hydrogen-bond donors (Lipinski definition) is 1. The van der Waals surface area contributed by atoms with Crippen LogP contribution < -0.4 is 14.8 Å². The van der Waals surface area contributed by atoms with E-state index in [4.69, 9.17) is 9.47 Å². The third-order valence-electron chi connectivity index (χ3n) is 3.90. The molecule has 0 aliphatic carbocycles. The molecule has 24 heavy (non-hydrogen) atoms. The topological polar surface area (TPSA) is 50.8 Å². The number of carbonyl (C=O) groups excluding carboxylic acids is 1. The fourth-order valence-electron chi connectivity index (χ4n) is 2.46. The molecule has 0 saturated carbocycles. The number of hydrogen-bond acceptors (Lipinski definition) is 3. The van der Waals surface area contributed by atoms with E-state index in [2.05, 4.69) is 21.2 Å². The maximum atomic E-state index is 12.5. The Morgan fingerprint density at radius 3 is 2.75 bits per heavy atom. The Balaban J connectivity index is 1.68. The van der Waals surface area contributed by atoms with Gasteiger partial charge in [-0.1, -0.05) is 28.1 Å². The van der Waals surface area contributed by atoms with E-state index in [1.807, 2.05) is 50.2 Å². The van der Waals surface area contributed by atoms with E-state index in [1.165, 1.54) is 0 Å². The van der Waals surface area contributed by atoms with Crippen molar-refractivity contribution in [3.63, 3.8) is 0 Å². The van der Waals surface area contributed by atoms with Crippen molar-refractivity contribution in [2.24, 2.45) is 0 Å². The number of fused-ring (bicyclic) bond motifs is 1. The molecule has 1 aliphatic heterocycles. The molecule has 0 fully saturated rings. The summed E-state index contributed by atoms with van der Waals surface area (Å²) >= 11 is 3.48. The molecule has 2 aromatic rings. The number of nitrogens with zero attached hydrogens (tertiary/aromatic N) is 1. The third-order valence-corrected chi connectivity index (χ3v) is 4.76. The number of anilines is 1. The number of urea groups is 1. The minimum atomic E-state index is -0.133. The van der Waals surface area contributed by atoms with Crippen LogP contribution >= 0.6 is 15.9 Å². The number of nitrogens with one attached hydrogen (secondary N) is 1. The largest absolute Gasteiger partial charge is 0.454 e. The summed E-state index contributed by atoms with van der Waals surface area (Å²) in [6, 6.07) is 11.4. The van der Waals surface area contributed by atoms with Gasteiger partial charge in [-0.05, 0) is 49.2 Å². The van der Waals surface area contributed by atoms with E-state index >= 15 is 0 Å². The Labute approximate surface area is 149 Å². The first-order valence-electron chi connectivity index (χ1n) is 7.77. The van der Waals surface area contributed by atoms with Gasteiger partial charge in [0.25, 0.3) is 0 Å². The summed E-state index contributed by atoms with van der Waals surface area (Å²) in [4.78, 5) is 14.3. The first kappa shape index (κ1) is 16.6. The van der Waals surface area contributed by atoms with E-state index in [-0.39, 0.29) is 12.8 Å². The van der Waals surface area contributed by atoms with Crippen LogP contribution in [0.3, 0.4) is 0 Å². The molecule has 0 saturated heterocycles. The lowest BCUT2D eigenvalue weighted by Gasteiger charge is -2.22. The highest BCUT2D eigenvalue weighted by Crippen LogP contribution is 2.32. The number of halogens is 1. The summed E-state index contributed by atoms with van der Waals surface area (Å²) in [5.74, 6) is 1.47. The van der Waals surface area contributed by atoms with Crippen molar-refractivity contribution in [2.75, 3.05) is 18.7 Å². The summed E-state index contributed by atoms with van der Waals surface area (Å²) in [5, 5.41) is 2.93. The first-order chi connectivity index (χ1) is 11.6. The van der Waals surface area contributed by atoms with Crippen molar-refractivity contribution in [1.82, 2.24) is 4.90 Å². The molecule has 0 radical (unpaired) electrons. The minimum Gasteiger partial charge on any atom is -0.454 e. The molecular weight excluding hydrogens is 372 g/mol. The Hall–Kier alpha value is -2.21. The quantitative estimate of drug-likeness (QED) is 0.833. The van der Waals surface area contributed by atoms with Crippen LogP contribution in [0.2, 0.25) is 0 Å². The smallest absolute Gasteiger partial charge is 0.322 e. The summed E-state index contributed by atoms with van der Waals surface area (Å²) < 4.78 is 11.7. The second-order valence-corrected chi connectivity index (χ2v) is 6.45. The molecule has 0 unspecified atom stereocenters. The van der Waals surface area contributed by atoms with E-state index in [1.54, 1.807) is 4.90 Å². The fourth-order valence-corrected chi connectivity index (χ4v) is 2.84. The molecule has 0 bridgehead atoms. The van der Waals surface area contributed by atoms with E-state index in [0.717, 1.165) is 32.8 Å². The highest BCUT2D eigenvalue weighted by Gasteiger charge is 2.17. The number of carbonyl (C=O) groups is 1. The predicted molar refractivity (Wildman–Crippen MR) is 96.5 cm³/mol. The number of rotatable bonds is 4. The van der Waals surface area contributed by atoms with Gasteiger partial charge < -0.3 is 19.7 Å². The number of benzene rings is 2. The average molecular weight is 391 g/mol. The monoisotopic (exact) mass is 390 g/mol. The van der Waals surface area contributed by atoms with Crippen LogP contribution in [-0.2, 0) is 6.54 Å². The molecule has 1 N–H and O–H groups in total. The van der Waals surface area contributed by atoms with Gasteiger partial charge in [0.2, 0.25) is 6.79 Å². The lowest BCUT2D eigenvalue weighted by Crippen LogP contribution is -2.34. The average Bonchev–Trinajstić information content (AvgIpc) is 3.03. The molecule has 5 nitrogen and oxygen atoms in total. The van der Waals surface area contributed by atoms with Gasteiger partial charge in [-0.25, -0.2) is 4.79 Å². The Bertz CT molecular complexity index is 764. The number of amides is 2. The second-order valence-electron chi connectivity index (χ2n) is 5.60. The van der Waals surface area contributed by atoms with Crippen molar-refractivity contribution in [3.8, 4) is 11.5 Å². The van der Waals surface area contributed by atoms with Crippen molar-refractivity contribution in [3.05, 3.63) is 52.0 Å². The van der Waals surface area contributed by atoms with Gasteiger partial charge >= 0.3 is 6.03 Å². The third kappa shape index (κ3) is 3.64. The molecular formula is C18H19BrN2O3. The molecule has 126 valence electrons. The Kier molecular flexibility index (Phi) is 4.94. The number of ether oxygens (including phenoxy) is 2. The summed E-state index contributed by atoms with van der Waals surface area (Å²) in [5.41, 5.74) is 2.89. The molecule has 0 aromatic heterocycles. The van der Waals surface area contributed by atoms with Crippen LogP contribution in [0.4, 0.5) is 10.5 Å². The van der Waals surface area contributed by atoms with Gasteiger partial charge in [0.1, 0.15) is 0 Å². The molecule has 1 heterocycles. The van der Waals surface area contributed by atoms with Gasteiger partial charge in [-0.15, -0.1) is 0 Å². The highest BCUT2D eigenvalue weighted by molar-refractivity contribution is 9.10. The van der Waals surface area contributed by atoms with Crippen LogP contribution in [0.25, 0.3) is 0 Å². The number of aryl methyl sites for hydroxylation is 1. The normalized spacial score (nSPS) is 12.1. The maximum absolute atomic E-state index is 12.5. The fraction of sp³-hybridized carbons (Fsp3) is 0.278. The van der Waals surface area contributed by atoms with E-state index in [9.17, 15) is 4.79 Å². The van der Waals surface area contributed by atoms with Crippen molar-refractivity contribution >= 4 is 27.6 Å². The van der Waals surface area contributed by atoms with Gasteiger partial charge in [0.15, 0.2) is 11.5 Å². The summed E-state index contributed by atoms with van der Waals surface area (Å²) in [7, 11) is 0. The zero-order valence-electron chi connectivity index (χ0n) is 13.6. The Morgan fingerprint density at radius 2 is 2.00 bits per heavy atom. The maximum Gasteiger partial charge on any atom is 0.322 e. The predicted octanol–water partition coefficient (Wildman–Crippen LogP) is 4.54. The lowest BCUT2D eigenvalue weighted by molar-refractivity contribution is 0.174. The molecule has 3 rings (SSSR count). The van der Waals surface area contributed by atoms with Gasteiger partial charge in [0, 0.05) is 23.2 Å². The zero-order chi connectivity index (χ0) is 17.1. The standard InChI is InChI=1S/C18H19BrN2O3/c1-3-21(10-13-5-7-16-17(8-13)24-11-23-16)18(22)20-14-6-4-12(2)15(19)9-14/h4-9H,3,10-11H2,1-2H3,(H,20,22). The minimum absolute atomic E-state index is 0.133. The first-order valence-corrected chi connectivity index (χ1v) is 8.56. The van der Waals surface area contributed by atoms with E-state index in [0.29, 0.717) is 13.1 Å². The molecule has 2 amide bonds. The van der Waals surface area contributed by atoms with E-state index < -0.39 is 0 Å². The highest BCUT2D eigenvalue weighted by atomic mass is 79.9. The Morgan fingerprint density at radius 1 is 1.21 bits per heavy atom. The molecule has 0 atom stereocenters. The van der Waals surface area contributed by atoms with Gasteiger partial charge in [-0.2, -0.15) is 0 Å². The van der Waals surface area contributed by atoms with Crippen molar-refractivity contribution < 1.29 is 14.3 Å². The van der Waals surface area contributed by atoms with Crippen LogP contribution in [0, 0.1) is 6.92 Å². The molecule has 1 aliphatic rings. The summed E-state index contributed by atoms with van der Waals surface area (Å²) in [6.45, 7) is 5.32. The summed E-state index contributed by atoms with van der Waals surface area (Å²) in [6.07, 6.45) is 0. The van der Waals surface area contributed by atoms with Crippen LogP contribution in [-0.4, -0.2) is 24.3 Å².